The van der Waals surface area contributed by atoms with Crippen LogP contribution in [0.2, 0.25) is 5.02 Å². The predicted molar refractivity (Wildman–Crippen MR) is 225 cm³/mol. The summed E-state index contributed by atoms with van der Waals surface area (Å²) >= 11 is 6.66. The summed E-state index contributed by atoms with van der Waals surface area (Å²) in [4.78, 5) is 18.9. The molecule has 3 aromatic heterocycles. The Balaban J connectivity index is 1.42. The second kappa shape index (κ2) is 16.5. The van der Waals surface area contributed by atoms with Gasteiger partial charge in [0.15, 0.2) is 15.7 Å². The number of nitrogens with zero attached hydrogens (tertiary/aromatic N) is 5. The van der Waals surface area contributed by atoms with Gasteiger partial charge in [-0.2, -0.15) is 19.0 Å². The number of carbonyl (C=O) groups excluding carboxylic acids is 1. The molecule has 12 nitrogen and oxygen atoms in total. The average Bonchev–Trinajstić information content (AvgIpc) is 3.88. The zero-order valence-electron chi connectivity index (χ0n) is 34.7. The highest BCUT2D eigenvalue weighted by Crippen LogP contribution is 2.54. The summed E-state index contributed by atoms with van der Waals surface area (Å²) in [6.45, 7) is 5.94. The van der Waals surface area contributed by atoms with E-state index in [4.69, 9.17) is 16.6 Å². The van der Waals surface area contributed by atoms with Crippen molar-refractivity contribution in [1.29, 1.82) is 0 Å². The number of halogens is 7. The highest BCUT2D eigenvalue weighted by Gasteiger charge is 2.55. The van der Waals surface area contributed by atoms with Crippen LogP contribution in [0.25, 0.3) is 22.0 Å². The van der Waals surface area contributed by atoms with Gasteiger partial charge in [0, 0.05) is 35.7 Å². The second-order valence-electron chi connectivity index (χ2n) is 16.3. The third-order valence-corrected chi connectivity index (χ3v) is 16.0. The van der Waals surface area contributed by atoms with Gasteiger partial charge in [-0.25, -0.2) is 39.4 Å². The minimum Gasteiger partial charge on any atom is -0.346 e. The Morgan fingerprint density at radius 2 is 1.65 bits per heavy atom. The Bertz CT molecular complexity index is 2940. The number of nitrogens with one attached hydrogen (secondary N) is 2. The zero-order valence-corrected chi connectivity index (χ0v) is 37.1. The summed E-state index contributed by atoms with van der Waals surface area (Å²) in [5, 5.41) is 10.6. The van der Waals surface area contributed by atoms with Crippen molar-refractivity contribution in [3.63, 3.8) is 0 Å². The SMILES string of the molecule is CCS(=O)(=O)Nc1nn(C)c2c(-c3ccc(C#CC(C)(C)S(=O)(=O)C4CC4)nc3[C@H](Cc3cc(F)cc(F)c3)NC(=O)Cn3nc(C(F)F)c4c3C(F)(F)[C@H](C)[C@@H]4C)ccc(Cl)c12. The van der Waals surface area contributed by atoms with Gasteiger partial charge >= 0.3 is 0 Å². The monoisotopic (exact) mass is 937 g/mol. The Hall–Kier alpha value is -5.13. The van der Waals surface area contributed by atoms with Gasteiger partial charge in [0.25, 0.3) is 12.3 Å². The van der Waals surface area contributed by atoms with E-state index in [1.807, 2.05) is 0 Å². The number of hydrogen-bond acceptors (Lipinski definition) is 8. The molecular formula is C42H42ClF6N7O5S2. The Labute approximate surface area is 364 Å². The lowest BCUT2D eigenvalue weighted by Crippen LogP contribution is -2.35. The highest BCUT2D eigenvalue weighted by molar-refractivity contribution is 7.94. The lowest BCUT2D eigenvalue weighted by atomic mass is 9.93. The number of rotatable bonds is 13. The molecule has 0 saturated heterocycles. The van der Waals surface area contributed by atoms with Gasteiger partial charge in [-0.05, 0) is 87.8 Å². The number of sulfone groups is 1. The Morgan fingerprint density at radius 3 is 2.27 bits per heavy atom. The molecule has 0 spiro atoms. The first-order valence-corrected chi connectivity index (χ1v) is 23.4. The first-order chi connectivity index (χ1) is 29.4. The number of hydrogen-bond donors (Lipinski definition) is 2. The van der Waals surface area contributed by atoms with Gasteiger partial charge in [-0.15, -0.1) is 0 Å². The van der Waals surface area contributed by atoms with Crippen LogP contribution in [0.5, 0.6) is 0 Å². The van der Waals surface area contributed by atoms with Crippen molar-refractivity contribution in [2.45, 2.75) is 94.7 Å². The van der Waals surface area contributed by atoms with E-state index in [1.54, 1.807) is 6.07 Å². The van der Waals surface area contributed by atoms with E-state index < -0.39 is 102 Å². The van der Waals surface area contributed by atoms with Crippen molar-refractivity contribution in [3.8, 4) is 23.0 Å². The molecule has 7 rings (SSSR count). The maximum Gasteiger partial charge on any atom is 0.292 e. The van der Waals surface area contributed by atoms with Crippen LogP contribution >= 0.6 is 11.6 Å². The van der Waals surface area contributed by atoms with E-state index in [0.717, 1.165) is 12.1 Å². The molecule has 0 aliphatic heterocycles. The molecule has 5 aromatic rings. The van der Waals surface area contributed by atoms with Crippen molar-refractivity contribution in [1.82, 2.24) is 29.9 Å². The summed E-state index contributed by atoms with van der Waals surface area (Å²) in [6, 6.07) is 7.26. The van der Waals surface area contributed by atoms with E-state index >= 15 is 8.78 Å². The Kier molecular flexibility index (Phi) is 12.0. The number of sulfonamides is 1. The molecular weight excluding hydrogens is 896 g/mol. The van der Waals surface area contributed by atoms with Gasteiger partial charge < -0.3 is 5.32 Å². The zero-order chi connectivity index (χ0) is 46.1. The number of fused-ring (bicyclic) bond motifs is 2. The molecule has 3 heterocycles. The molecule has 2 aliphatic rings. The van der Waals surface area contributed by atoms with Crippen LogP contribution in [-0.2, 0) is 50.6 Å². The fourth-order valence-corrected chi connectivity index (χ4v) is 10.5. The standard InChI is InChI=1S/C42H42ClF6N7O5S2/c1-7-62(58,59)54-40-34-30(43)13-12-29(37(34)55(6)53-40)28-11-8-26(14-15-41(4,5)63(60,61)27-9-10-27)50-35(28)31(18-23-16-24(44)19-25(45)17-23)51-32(57)20-56-38-33(36(52-56)39(46)47)21(2)22(3)42(38,48)49/h8,11-13,16-17,19,21-22,27,31,39H,7,9-10,18,20H2,1-6H3,(H,51,57)(H,53,54)/t21-,22+,31-/m0/s1. The predicted octanol–water partition coefficient (Wildman–Crippen LogP) is 8.12. The number of benzene rings is 2. The summed E-state index contributed by atoms with van der Waals surface area (Å²) in [6.07, 6.45) is -2.63. The molecule has 2 aromatic carbocycles. The van der Waals surface area contributed by atoms with E-state index in [1.165, 1.54) is 64.5 Å². The quantitative estimate of drug-likeness (QED) is 0.0886. The van der Waals surface area contributed by atoms with Gasteiger partial charge in [-0.3, -0.25) is 18.9 Å². The van der Waals surface area contributed by atoms with E-state index in [9.17, 15) is 39.2 Å². The molecule has 2 aliphatic carbocycles. The number of aryl methyl sites for hydroxylation is 1. The number of alkyl halides is 4. The molecule has 0 unspecified atom stereocenters. The summed E-state index contributed by atoms with van der Waals surface area (Å²) in [7, 11) is -6.03. The van der Waals surface area contributed by atoms with E-state index in [-0.39, 0.29) is 55.6 Å². The molecule has 1 amide bonds. The first-order valence-electron chi connectivity index (χ1n) is 19.8. The van der Waals surface area contributed by atoms with E-state index in [0.29, 0.717) is 29.2 Å². The van der Waals surface area contributed by atoms with Crippen LogP contribution in [0.4, 0.5) is 32.2 Å². The number of anilines is 1. The molecule has 0 bridgehead atoms. The largest absolute Gasteiger partial charge is 0.346 e. The summed E-state index contributed by atoms with van der Waals surface area (Å²) in [5.41, 5.74) is -1.29. The molecule has 2 N–H and O–H groups in total. The van der Waals surface area contributed by atoms with E-state index in [2.05, 4.69) is 32.1 Å². The van der Waals surface area contributed by atoms with Crippen molar-refractivity contribution in [2.75, 3.05) is 10.5 Å². The molecule has 21 heteroatoms. The normalized spacial score (nSPS) is 18.0. The van der Waals surface area contributed by atoms with Crippen molar-refractivity contribution in [3.05, 3.63) is 93.0 Å². The summed E-state index contributed by atoms with van der Waals surface area (Å²) in [5.74, 6) is -3.78. The van der Waals surface area contributed by atoms with Gasteiger partial charge in [0.2, 0.25) is 15.9 Å². The van der Waals surface area contributed by atoms with Gasteiger partial charge in [0.05, 0.1) is 38.7 Å². The van der Waals surface area contributed by atoms with Gasteiger partial charge in [-0.1, -0.05) is 37.4 Å². The second-order valence-corrected chi connectivity index (χ2v) is 21.5. The molecule has 1 saturated carbocycles. The lowest BCUT2D eigenvalue weighted by molar-refractivity contribution is -0.123. The molecule has 63 heavy (non-hydrogen) atoms. The van der Waals surface area contributed by atoms with Crippen molar-refractivity contribution in [2.24, 2.45) is 13.0 Å². The smallest absolute Gasteiger partial charge is 0.292 e. The fraction of sp³-hybridized carbons (Fsp3) is 0.429. The third-order valence-electron chi connectivity index (χ3n) is 11.6. The number of carbonyl (C=O) groups is 1. The van der Waals surface area contributed by atoms with Crippen LogP contribution < -0.4 is 10.0 Å². The van der Waals surface area contributed by atoms with Crippen molar-refractivity contribution < 1.29 is 48.0 Å². The van der Waals surface area contributed by atoms with Crippen LogP contribution in [0, 0.1) is 29.4 Å². The third kappa shape index (κ3) is 8.63. The first kappa shape index (κ1) is 45.9. The highest BCUT2D eigenvalue weighted by atomic mass is 35.5. The van der Waals surface area contributed by atoms with Crippen LogP contribution in [0.1, 0.15) is 99.7 Å². The molecule has 1 fully saturated rings. The van der Waals surface area contributed by atoms with Crippen LogP contribution in [0.15, 0.2) is 42.5 Å². The maximum absolute atomic E-state index is 15.7. The minimum atomic E-state index is -3.86. The van der Waals surface area contributed by atoms with Gasteiger partial charge in [0.1, 0.15) is 40.0 Å². The number of amides is 1. The van der Waals surface area contributed by atoms with Crippen LogP contribution in [-0.4, -0.2) is 63.0 Å². The number of pyridine rings is 1. The van der Waals surface area contributed by atoms with Crippen molar-refractivity contribution >= 4 is 54.1 Å². The molecule has 3 atom stereocenters. The Morgan fingerprint density at radius 1 is 1.00 bits per heavy atom. The fourth-order valence-electron chi connectivity index (χ4n) is 7.91. The molecule has 0 radical (unpaired) electrons. The topological polar surface area (TPSA) is 158 Å². The maximum atomic E-state index is 15.7. The van der Waals surface area contributed by atoms with Crippen LogP contribution in [0.3, 0.4) is 0 Å². The lowest BCUT2D eigenvalue weighted by Gasteiger charge is -2.23. The average molecular weight is 938 g/mol. The minimum absolute atomic E-state index is 0.00168. The number of aromatic nitrogens is 5. The summed E-state index contributed by atoms with van der Waals surface area (Å²) < 4.78 is 144. The molecule has 336 valence electrons.